The second-order valence-corrected chi connectivity index (χ2v) is 4.72. The number of aliphatic hydroxyl groups excluding tert-OH is 1. The van der Waals surface area contributed by atoms with Crippen LogP contribution in [0.25, 0.3) is 0 Å². The minimum absolute atomic E-state index is 0.0701. The van der Waals surface area contributed by atoms with Crippen LogP contribution in [0.4, 0.5) is 0 Å². The molecular weight excluding hydrogens is 228 g/mol. The molecular formula is C14H15N2O2+. The average molecular weight is 243 g/mol. The highest BCUT2D eigenvalue weighted by Crippen LogP contribution is 2.30. The van der Waals surface area contributed by atoms with E-state index < -0.39 is 12.1 Å². The lowest BCUT2D eigenvalue weighted by molar-refractivity contribution is -0.813. The number of rotatable bonds is 1. The third-order valence-corrected chi connectivity index (χ3v) is 3.51. The van der Waals surface area contributed by atoms with Crippen LogP contribution in [-0.4, -0.2) is 15.7 Å². The van der Waals surface area contributed by atoms with Gasteiger partial charge in [0.1, 0.15) is 0 Å². The molecule has 0 spiro atoms. The van der Waals surface area contributed by atoms with Gasteiger partial charge in [0.15, 0.2) is 5.92 Å². The van der Waals surface area contributed by atoms with Gasteiger partial charge in [0.25, 0.3) is 12.1 Å². The minimum Gasteiger partial charge on any atom is -0.334 e. The number of fused-ring (bicyclic) bond motifs is 1. The predicted octanol–water partition coefficient (Wildman–Crippen LogP) is 1.32. The molecule has 0 radical (unpaired) electrons. The first kappa shape index (κ1) is 11.2. The van der Waals surface area contributed by atoms with Gasteiger partial charge in [0.05, 0.1) is 5.69 Å². The quantitative estimate of drug-likeness (QED) is 0.768. The fourth-order valence-electron chi connectivity index (χ4n) is 2.74. The number of aromatic nitrogens is 2. The molecule has 0 saturated carbocycles. The summed E-state index contributed by atoms with van der Waals surface area (Å²) in [7, 11) is 0. The van der Waals surface area contributed by atoms with Gasteiger partial charge in [-0.1, -0.05) is 39.7 Å². The van der Waals surface area contributed by atoms with Crippen molar-refractivity contribution in [2.24, 2.45) is 0 Å². The number of aliphatic hydroxyl groups is 1. The second-order valence-electron chi connectivity index (χ2n) is 4.72. The van der Waals surface area contributed by atoms with E-state index in [1.54, 1.807) is 9.36 Å². The Labute approximate surface area is 105 Å². The number of nitrogens with zero attached hydrogens (tertiary/aromatic N) is 2. The van der Waals surface area contributed by atoms with Crippen molar-refractivity contribution in [2.45, 2.75) is 26.0 Å². The van der Waals surface area contributed by atoms with Gasteiger partial charge in [-0.3, -0.25) is 4.79 Å². The fraction of sp³-hybridized carbons (Fsp3) is 0.286. The molecule has 1 aliphatic heterocycles. The van der Waals surface area contributed by atoms with Gasteiger partial charge in [-0.15, -0.1) is 0 Å². The Morgan fingerprint density at radius 1 is 1.22 bits per heavy atom. The molecule has 18 heavy (non-hydrogen) atoms. The second kappa shape index (κ2) is 3.78. The van der Waals surface area contributed by atoms with Crippen LogP contribution in [-0.2, 0) is 0 Å². The average Bonchev–Trinajstić information content (AvgIpc) is 2.79. The van der Waals surface area contributed by atoms with Crippen LogP contribution in [0.3, 0.4) is 0 Å². The van der Waals surface area contributed by atoms with Gasteiger partial charge < -0.3 is 5.11 Å². The summed E-state index contributed by atoms with van der Waals surface area (Å²) < 4.78 is 3.23. The number of carbonyl (C=O) groups is 1. The summed E-state index contributed by atoms with van der Waals surface area (Å²) in [5, 5.41) is 10.4. The summed E-state index contributed by atoms with van der Waals surface area (Å²) in [5.74, 6) is -0.580. The zero-order valence-corrected chi connectivity index (χ0v) is 10.4. The fourth-order valence-corrected chi connectivity index (χ4v) is 2.74. The summed E-state index contributed by atoms with van der Waals surface area (Å²) in [5.41, 5.74) is 2.60. The van der Waals surface area contributed by atoms with Crippen molar-refractivity contribution < 1.29 is 14.6 Å². The highest BCUT2D eigenvalue weighted by atomic mass is 16.3. The number of benzene rings is 1. The van der Waals surface area contributed by atoms with Crippen molar-refractivity contribution in [2.75, 3.05) is 0 Å². The van der Waals surface area contributed by atoms with Crippen LogP contribution < -0.4 is 4.68 Å². The van der Waals surface area contributed by atoms with Crippen molar-refractivity contribution in [3.63, 3.8) is 0 Å². The van der Waals surface area contributed by atoms with E-state index in [1.165, 1.54) is 0 Å². The van der Waals surface area contributed by atoms with E-state index in [0.29, 0.717) is 0 Å². The molecule has 2 atom stereocenters. The van der Waals surface area contributed by atoms with Gasteiger partial charge in [0.2, 0.25) is 5.69 Å². The first-order valence-corrected chi connectivity index (χ1v) is 5.99. The predicted molar refractivity (Wildman–Crippen MR) is 65.2 cm³/mol. The third-order valence-electron chi connectivity index (χ3n) is 3.51. The van der Waals surface area contributed by atoms with Crippen LogP contribution >= 0.6 is 0 Å². The van der Waals surface area contributed by atoms with E-state index in [0.717, 1.165) is 17.0 Å². The Balaban J connectivity index is 2.13. The summed E-state index contributed by atoms with van der Waals surface area (Å²) in [6.45, 7) is 3.77. The zero-order chi connectivity index (χ0) is 12.9. The van der Waals surface area contributed by atoms with E-state index in [4.69, 9.17) is 0 Å². The topological polar surface area (TPSA) is 46.1 Å². The summed E-state index contributed by atoms with van der Waals surface area (Å²) in [6.07, 6.45) is -0.825. The molecule has 0 aliphatic carbocycles. The monoisotopic (exact) mass is 243 g/mol. The zero-order valence-electron chi connectivity index (χ0n) is 10.4. The lowest BCUT2D eigenvalue weighted by Gasteiger charge is -2.07. The van der Waals surface area contributed by atoms with Gasteiger partial charge in [-0.2, -0.15) is 0 Å². The Kier molecular flexibility index (Phi) is 2.35. The van der Waals surface area contributed by atoms with Crippen molar-refractivity contribution in [3.05, 3.63) is 53.3 Å². The summed E-state index contributed by atoms with van der Waals surface area (Å²) in [4.78, 5) is 12.4. The number of carbonyl (C=O) groups excluding carboxylic acids is 1. The van der Waals surface area contributed by atoms with Crippen LogP contribution in [0.15, 0.2) is 36.4 Å². The van der Waals surface area contributed by atoms with E-state index in [2.05, 4.69) is 0 Å². The Morgan fingerprint density at radius 3 is 2.50 bits per heavy atom. The highest BCUT2D eigenvalue weighted by molar-refractivity contribution is 5.86. The maximum atomic E-state index is 12.4. The third kappa shape index (κ3) is 1.36. The van der Waals surface area contributed by atoms with Gasteiger partial charge in [0, 0.05) is 13.0 Å². The van der Waals surface area contributed by atoms with Gasteiger partial charge >= 0.3 is 0 Å². The lowest BCUT2D eigenvalue weighted by atomic mass is 9.97. The van der Waals surface area contributed by atoms with Crippen molar-refractivity contribution in [1.29, 1.82) is 0 Å². The number of hydrogen-bond donors (Lipinski definition) is 1. The number of hydrogen-bond acceptors (Lipinski definition) is 2. The largest absolute Gasteiger partial charge is 0.334 e. The Morgan fingerprint density at radius 2 is 1.89 bits per heavy atom. The van der Waals surface area contributed by atoms with E-state index >= 15 is 0 Å². The molecule has 0 bridgehead atoms. The SMILES string of the molecule is Cc1cc(C)[n+]2n1C(=O)C(c1ccccc1)C2O. The van der Waals surface area contributed by atoms with Gasteiger partial charge in [-0.25, -0.2) is 0 Å². The van der Waals surface area contributed by atoms with E-state index in [-0.39, 0.29) is 5.91 Å². The smallest absolute Gasteiger partial charge is 0.300 e. The molecule has 92 valence electrons. The maximum Gasteiger partial charge on any atom is 0.300 e. The van der Waals surface area contributed by atoms with Crippen molar-refractivity contribution in [3.8, 4) is 0 Å². The molecule has 3 rings (SSSR count). The standard InChI is InChI=1S/C14H15N2O2/c1-9-8-10(2)16-14(18)12(13(17)15(9)16)11-6-4-3-5-7-11/h3-8,12-13,17H,1-2H3/q+1. The Hall–Kier alpha value is -1.94. The molecule has 4 heteroatoms. The summed E-state index contributed by atoms with van der Waals surface area (Å²) >= 11 is 0. The van der Waals surface area contributed by atoms with E-state index in [1.807, 2.05) is 50.2 Å². The molecule has 2 unspecified atom stereocenters. The Bertz CT molecular complexity index is 616. The first-order chi connectivity index (χ1) is 8.61. The van der Waals surface area contributed by atoms with Crippen molar-refractivity contribution in [1.82, 2.24) is 4.68 Å². The van der Waals surface area contributed by atoms with Gasteiger partial charge in [-0.05, 0) is 12.5 Å². The van der Waals surface area contributed by atoms with Crippen LogP contribution in [0.1, 0.15) is 33.9 Å². The van der Waals surface area contributed by atoms with Crippen LogP contribution in [0, 0.1) is 13.8 Å². The molecule has 1 aromatic carbocycles. The molecule has 0 amide bonds. The molecule has 1 aliphatic rings. The minimum atomic E-state index is -0.825. The normalized spacial score (nSPS) is 22.3. The molecule has 0 fully saturated rings. The molecule has 4 nitrogen and oxygen atoms in total. The van der Waals surface area contributed by atoms with E-state index in [9.17, 15) is 9.90 Å². The molecule has 1 aromatic heterocycles. The summed E-state index contributed by atoms with van der Waals surface area (Å²) in [6, 6.07) is 11.3. The molecule has 0 saturated heterocycles. The van der Waals surface area contributed by atoms with Crippen LogP contribution in [0.5, 0.6) is 0 Å². The lowest BCUT2D eigenvalue weighted by Crippen LogP contribution is -2.45. The molecule has 1 N–H and O–H groups in total. The molecule has 2 heterocycles. The van der Waals surface area contributed by atoms with Crippen molar-refractivity contribution >= 4 is 5.91 Å². The number of aryl methyl sites for hydroxylation is 2. The van der Waals surface area contributed by atoms with Crippen LogP contribution in [0.2, 0.25) is 0 Å². The highest BCUT2D eigenvalue weighted by Gasteiger charge is 2.49. The first-order valence-electron chi connectivity index (χ1n) is 5.99. The maximum absolute atomic E-state index is 12.4. The molecule has 2 aromatic rings.